The van der Waals surface area contributed by atoms with Crippen LogP contribution in [0.25, 0.3) is 10.8 Å². The molecule has 0 radical (unpaired) electrons. The Balaban J connectivity index is 1.87. The van der Waals surface area contributed by atoms with E-state index in [1.54, 1.807) is 0 Å². The van der Waals surface area contributed by atoms with Crippen molar-refractivity contribution in [3.63, 3.8) is 0 Å². The van der Waals surface area contributed by atoms with Gasteiger partial charge in [0.25, 0.3) is 5.69 Å². The number of nitro benzene ring substituents is 1. The first-order valence-electron chi connectivity index (χ1n) is 9.88. The summed E-state index contributed by atoms with van der Waals surface area (Å²) in [7, 11) is 1.29. The van der Waals surface area contributed by atoms with Crippen molar-refractivity contribution < 1.29 is 28.7 Å². The van der Waals surface area contributed by atoms with E-state index in [2.05, 4.69) is 5.10 Å². The van der Waals surface area contributed by atoms with Crippen molar-refractivity contribution in [2.75, 3.05) is 7.11 Å². The molecule has 10 nitrogen and oxygen atoms in total. The fourth-order valence-electron chi connectivity index (χ4n) is 3.60. The SMILES string of the molecule is COc1cc([N+](=O)[O-])cc(C2=NN(C(C)=O)C(c3cccc4ccccc34)O2)c1OC(C)=O. The molecular weight excluding hydrogens is 430 g/mol. The van der Waals surface area contributed by atoms with Crippen LogP contribution in [-0.4, -0.2) is 34.8 Å². The van der Waals surface area contributed by atoms with Crippen LogP contribution < -0.4 is 9.47 Å². The average molecular weight is 449 g/mol. The van der Waals surface area contributed by atoms with Gasteiger partial charge in [-0.05, 0) is 10.8 Å². The number of hydrogen-bond acceptors (Lipinski definition) is 8. The van der Waals surface area contributed by atoms with Gasteiger partial charge in [0.15, 0.2) is 11.5 Å². The highest BCUT2D eigenvalue weighted by atomic mass is 16.6. The van der Waals surface area contributed by atoms with Crippen molar-refractivity contribution in [3.05, 3.63) is 75.8 Å². The molecule has 168 valence electrons. The Kier molecular flexibility index (Phi) is 5.65. The van der Waals surface area contributed by atoms with Gasteiger partial charge in [0.05, 0.1) is 23.7 Å². The number of hydrazone groups is 1. The molecule has 0 saturated carbocycles. The van der Waals surface area contributed by atoms with E-state index < -0.39 is 23.0 Å². The third-order valence-corrected chi connectivity index (χ3v) is 5.00. The third-order valence-electron chi connectivity index (χ3n) is 5.00. The molecule has 4 rings (SSSR count). The van der Waals surface area contributed by atoms with E-state index in [0.717, 1.165) is 27.9 Å². The predicted molar refractivity (Wildman–Crippen MR) is 118 cm³/mol. The number of fused-ring (bicyclic) bond motifs is 1. The van der Waals surface area contributed by atoms with Crippen LogP contribution in [0.15, 0.2) is 59.7 Å². The van der Waals surface area contributed by atoms with Crippen LogP contribution in [0, 0.1) is 10.1 Å². The minimum absolute atomic E-state index is 0.00485. The summed E-state index contributed by atoms with van der Waals surface area (Å²) in [6, 6.07) is 15.4. The van der Waals surface area contributed by atoms with Crippen molar-refractivity contribution >= 4 is 34.2 Å². The first-order chi connectivity index (χ1) is 15.8. The lowest BCUT2D eigenvalue weighted by Crippen LogP contribution is -2.25. The summed E-state index contributed by atoms with van der Waals surface area (Å²) in [5.41, 5.74) is 0.353. The molecule has 0 N–H and O–H groups in total. The number of nitrogens with zero attached hydrogens (tertiary/aromatic N) is 3. The zero-order valence-corrected chi connectivity index (χ0v) is 18.0. The number of esters is 1. The lowest BCUT2D eigenvalue weighted by molar-refractivity contribution is -0.385. The summed E-state index contributed by atoms with van der Waals surface area (Å²) >= 11 is 0. The largest absolute Gasteiger partial charge is 0.493 e. The quantitative estimate of drug-likeness (QED) is 0.250. The Labute approximate surface area is 188 Å². The number of carbonyl (C=O) groups is 2. The molecule has 1 atom stereocenters. The van der Waals surface area contributed by atoms with E-state index in [1.165, 1.54) is 21.0 Å². The Hall–Kier alpha value is -4.47. The van der Waals surface area contributed by atoms with E-state index in [1.807, 2.05) is 42.5 Å². The van der Waals surface area contributed by atoms with Crippen LogP contribution in [0.5, 0.6) is 11.5 Å². The number of amides is 1. The molecule has 10 heteroatoms. The standard InChI is InChI=1S/C23H19N3O7/c1-13(27)25-23(18-10-6-8-15-7-4-5-9-17(15)18)33-22(24-25)19-11-16(26(29)30)12-20(31-3)21(19)32-14(2)28/h4-12,23H,1-3H3. The first kappa shape index (κ1) is 21.8. The molecule has 0 spiro atoms. The zero-order valence-electron chi connectivity index (χ0n) is 18.0. The number of carbonyl (C=O) groups excluding carboxylic acids is 2. The van der Waals surface area contributed by atoms with Gasteiger partial charge in [-0.25, -0.2) is 0 Å². The molecule has 1 heterocycles. The molecule has 3 aromatic rings. The molecule has 3 aromatic carbocycles. The Bertz CT molecular complexity index is 1310. The highest BCUT2D eigenvalue weighted by Gasteiger charge is 2.37. The van der Waals surface area contributed by atoms with Crippen molar-refractivity contribution in [3.8, 4) is 11.5 Å². The van der Waals surface area contributed by atoms with Crippen LogP contribution in [0.2, 0.25) is 0 Å². The highest BCUT2D eigenvalue weighted by Crippen LogP contribution is 2.40. The second-order valence-electron chi connectivity index (χ2n) is 7.18. The van der Waals surface area contributed by atoms with Crippen LogP contribution in [0.3, 0.4) is 0 Å². The molecule has 0 aromatic heterocycles. The monoisotopic (exact) mass is 449 g/mol. The molecule has 0 bridgehead atoms. The van der Waals surface area contributed by atoms with E-state index in [0.29, 0.717) is 5.56 Å². The van der Waals surface area contributed by atoms with Crippen LogP contribution in [0.1, 0.15) is 31.2 Å². The highest BCUT2D eigenvalue weighted by molar-refractivity contribution is 6.01. The van der Waals surface area contributed by atoms with Crippen LogP contribution in [-0.2, 0) is 14.3 Å². The molecular formula is C23H19N3O7. The Morgan fingerprint density at radius 3 is 2.52 bits per heavy atom. The van der Waals surface area contributed by atoms with Gasteiger partial charge >= 0.3 is 5.97 Å². The molecule has 1 amide bonds. The fourth-order valence-corrected chi connectivity index (χ4v) is 3.60. The van der Waals surface area contributed by atoms with Gasteiger partial charge in [-0.15, -0.1) is 5.10 Å². The first-order valence-corrected chi connectivity index (χ1v) is 9.88. The van der Waals surface area contributed by atoms with Gasteiger partial charge in [0.1, 0.15) is 0 Å². The van der Waals surface area contributed by atoms with Crippen molar-refractivity contribution in [1.29, 1.82) is 0 Å². The summed E-state index contributed by atoms with van der Waals surface area (Å²) < 4.78 is 16.5. The Morgan fingerprint density at radius 1 is 1.12 bits per heavy atom. The molecule has 0 aliphatic carbocycles. The van der Waals surface area contributed by atoms with Gasteiger partial charge in [0, 0.05) is 25.5 Å². The van der Waals surface area contributed by atoms with E-state index >= 15 is 0 Å². The van der Waals surface area contributed by atoms with E-state index in [4.69, 9.17) is 14.2 Å². The summed E-state index contributed by atoms with van der Waals surface area (Å²) in [6.45, 7) is 2.51. The number of rotatable bonds is 5. The summed E-state index contributed by atoms with van der Waals surface area (Å²) in [4.78, 5) is 35.0. The smallest absolute Gasteiger partial charge is 0.308 e. The number of benzene rings is 3. The minimum Gasteiger partial charge on any atom is -0.493 e. The lowest BCUT2D eigenvalue weighted by atomic mass is 10.0. The summed E-state index contributed by atoms with van der Waals surface area (Å²) in [6.07, 6.45) is -0.931. The van der Waals surface area contributed by atoms with Crippen molar-refractivity contribution in [2.24, 2.45) is 5.10 Å². The number of nitro groups is 1. The number of methoxy groups -OCH3 is 1. The van der Waals surface area contributed by atoms with Crippen LogP contribution in [0.4, 0.5) is 5.69 Å². The van der Waals surface area contributed by atoms with Crippen LogP contribution >= 0.6 is 0 Å². The number of non-ortho nitro benzene ring substituents is 1. The van der Waals surface area contributed by atoms with Crippen molar-refractivity contribution in [2.45, 2.75) is 20.1 Å². The molecule has 33 heavy (non-hydrogen) atoms. The maximum atomic E-state index is 12.4. The summed E-state index contributed by atoms with van der Waals surface area (Å²) in [5, 5.41) is 18.7. The maximum absolute atomic E-state index is 12.4. The molecule has 0 fully saturated rings. The van der Waals surface area contributed by atoms with Gasteiger partial charge < -0.3 is 14.2 Å². The second kappa shape index (κ2) is 8.58. The van der Waals surface area contributed by atoms with Crippen molar-refractivity contribution in [1.82, 2.24) is 5.01 Å². The van der Waals surface area contributed by atoms with E-state index in [9.17, 15) is 19.7 Å². The van der Waals surface area contributed by atoms with Gasteiger partial charge in [-0.1, -0.05) is 42.5 Å². The molecule has 1 unspecified atom stereocenters. The minimum atomic E-state index is -0.931. The third kappa shape index (κ3) is 4.05. The summed E-state index contributed by atoms with van der Waals surface area (Å²) in [5.74, 6) is -1.35. The second-order valence-corrected chi connectivity index (χ2v) is 7.18. The normalized spacial score (nSPS) is 15.1. The number of hydrogen-bond donors (Lipinski definition) is 0. The average Bonchev–Trinajstić information content (AvgIpc) is 3.23. The Morgan fingerprint density at radius 2 is 1.85 bits per heavy atom. The molecule has 1 aliphatic rings. The van der Waals surface area contributed by atoms with Gasteiger partial charge in [0.2, 0.25) is 18.0 Å². The number of ether oxygens (including phenoxy) is 3. The fraction of sp³-hybridized carbons (Fsp3) is 0.174. The van der Waals surface area contributed by atoms with Gasteiger partial charge in [-0.2, -0.15) is 5.01 Å². The lowest BCUT2D eigenvalue weighted by Gasteiger charge is -2.21. The zero-order chi connectivity index (χ0) is 23.7. The molecule has 1 aliphatic heterocycles. The van der Waals surface area contributed by atoms with E-state index in [-0.39, 0.29) is 28.6 Å². The van der Waals surface area contributed by atoms with Gasteiger partial charge in [-0.3, -0.25) is 19.7 Å². The topological polar surface area (TPSA) is 121 Å². The molecule has 0 saturated heterocycles. The predicted octanol–water partition coefficient (Wildman–Crippen LogP) is 3.92. The maximum Gasteiger partial charge on any atom is 0.308 e.